The molecule has 2 aromatic rings. The van der Waals surface area contributed by atoms with Crippen LogP contribution < -0.4 is 5.73 Å². The Kier molecular flexibility index (Phi) is 5.29. The van der Waals surface area contributed by atoms with Crippen molar-refractivity contribution >= 4 is 15.9 Å². The number of nitrogens with two attached hydrogens (primary N) is 1. The third kappa shape index (κ3) is 4.13. The Labute approximate surface area is 127 Å². The SMILES string of the molecule is CN(Cc1cccc(CN)c1)Cc1cc(Br)ccc1F. The van der Waals surface area contributed by atoms with E-state index in [1.165, 1.54) is 11.6 Å². The van der Waals surface area contributed by atoms with Crippen LogP contribution in [0.25, 0.3) is 0 Å². The molecule has 0 fully saturated rings. The molecule has 4 heteroatoms. The summed E-state index contributed by atoms with van der Waals surface area (Å²) in [7, 11) is 1.98. The minimum atomic E-state index is -0.171. The average Bonchev–Trinajstić information content (AvgIpc) is 2.43. The van der Waals surface area contributed by atoms with Gasteiger partial charge in [0.25, 0.3) is 0 Å². The van der Waals surface area contributed by atoms with Crippen molar-refractivity contribution in [2.45, 2.75) is 19.6 Å². The molecule has 0 aliphatic heterocycles. The third-order valence-electron chi connectivity index (χ3n) is 3.13. The molecule has 106 valence electrons. The van der Waals surface area contributed by atoms with E-state index in [2.05, 4.69) is 33.0 Å². The molecule has 2 aromatic carbocycles. The fraction of sp³-hybridized carbons (Fsp3) is 0.250. The van der Waals surface area contributed by atoms with E-state index in [0.717, 1.165) is 16.6 Å². The summed E-state index contributed by atoms with van der Waals surface area (Å²) in [5, 5.41) is 0. The van der Waals surface area contributed by atoms with Gasteiger partial charge in [0.2, 0.25) is 0 Å². The van der Waals surface area contributed by atoms with Crippen LogP contribution in [0.5, 0.6) is 0 Å². The third-order valence-corrected chi connectivity index (χ3v) is 3.62. The Hall–Kier alpha value is -1.23. The second-order valence-corrected chi connectivity index (χ2v) is 5.85. The van der Waals surface area contributed by atoms with Gasteiger partial charge in [-0.05, 0) is 36.4 Å². The Bertz CT molecular complexity index is 586. The first kappa shape index (κ1) is 15.2. The molecule has 20 heavy (non-hydrogen) atoms. The first-order chi connectivity index (χ1) is 9.58. The van der Waals surface area contributed by atoms with Gasteiger partial charge in [0, 0.05) is 29.7 Å². The fourth-order valence-electron chi connectivity index (χ4n) is 2.18. The summed E-state index contributed by atoms with van der Waals surface area (Å²) >= 11 is 3.37. The van der Waals surface area contributed by atoms with E-state index in [1.807, 2.05) is 25.2 Å². The topological polar surface area (TPSA) is 29.3 Å². The lowest BCUT2D eigenvalue weighted by molar-refractivity contribution is 0.313. The van der Waals surface area contributed by atoms with E-state index >= 15 is 0 Å². The zero-order chi connectivity index (χ0) is 14.5. The maximum Gasteiger partial charge on any atom is 0.127 e. The van der Waals surface area contributed by atoms with Gasteiger partial charge in [-0.2, -0.15) is 0 Å². The number of halogens is 2. The number of rotatable bonds is 5. The number of nitrogens with zero attached hydrogens (tertiary/aromatic N) is 1. The van der Waals surface area contributed by atoms with Crippen LogP contribution in [0.2, 0.25) is 0 Å². The molecule has 0 atom stereocenters. The predicted octanol–water partition coefficient (Wildman–Crippen LogP) is 3.68. The van der Waals surface area contributed by atoms with Crippen LogP contribution in [0.4, 0.5) is 4.39 Å². The van der Waals surface area contributed by atoms with Gasteiger partial charge >= 0.3 is 0 Å². The molecule has 2 rings (SSSR count). The van der Waals surface area contributed by atoms with E-state index in [4.69, 9.17) is 5.73 Å². The van der Waals surface area contributed by atoms with Gasteiger partial charge in [0.05, 0.1) is 0 Å². The molecule has 0 unspecified atom stereocenters. The summed E-state index contributed by atoms with van der Waals surface area (Å²) in [6.45, 7) is 1.87. The zero-order valence-electron chi connectivity index (χ0n) is 11.4. The van der Waals surface area contributed by atoms with Crippen molar-refractivity contribution in [3.8, 4) is 0 Å². The summed E-state index contributed by atoms with van der Waals surface area (Å²) in [4.78, 5) is 2.08. The van der Waals surface area contributed by atoms with Gasteiger partial charge in [-0.15, -0.1) is 0 Å². The molecule has 0 radical (unpaired) electrons. The normalized spacial score (nSPS) is 11.1. The summed E-state index contributed by atoms with van der Waals surface area (Å²) in [5.74, 6) is -0.171. The molecule has 0 aliphatic rings. The first-order valence-electron chi connectivity index (χ1n) is 6.49. The van der Waals surface area contributed by atoms with Gasteiger partial charge < -0.3 is 5.73 Å². The Morgan fingerprint density at radius 3 is 2.60 bits per heavy atom. The highest BCUT2D eigenvalue weighted by molar-refractivity contribution is 9.10. The van der Waals surface area contributed by atoms with Crippen molar-refractivity contribution in [1.82, 2.24) is 4.90 Å². The molecule has 0 aromatic heterocycles. The summed E-state index contributed by atoms with van der Waals surface area (Å²) < 4.78 is 14.6. The lowest BCUT2D eigenvalue weighted by Crippen LogP contribution is -2.18. The fourth-order valence-corrected chi connectivity index (χ4v) is 2.59. The van der Waals surface area contributed by atoms with E-state index in [9.17, 15) is 4.39 Å². The van der Waals surface area contributed by atoms with Crippen LogP contribution in [0.1, 0.15) is 16.7 Å². The minimum Gasteiger partial charge on any atom is -0.326 e. The van der Waals surface area contributed by atoms with Gasteiger partial charge in [0.15, 0.2) is 0 Å². The van der Waals surface area contributed by atoms with Crippen LogP contribution in [-0.4, -0.2) is 11.9 Å². The van der Waals surface area contributed by atoms with E-state index in [0.29, 0.717) is 18.7 Å². The van der Waals surface area contributed by atoms with E-state index < -0.39 is 0 Å². The predicted molar refractivity (Wildman–Crippen MR) is 83.6 cm³/mol. The Morgan fingerprint density at radius 2 is 1.85 bits per heavy atom. The van der Waals surface area contributed by atoms with Gasteiger partial charge in [0.1, 0.15) is 5.82 Å². The van der Waals surface area contributed by atoms with Crippen LogP contribution >= 0.6 is 15.9 Å². The molecular formula is C16H18BrFN2. The molecule has 0 saturated heterocycles. The highest BCUT2D eigenvalue weighted by Gasteiger charge is 2.07. The second-order valence-electron chi connectivity index (χ2n) is 4.93. The van der Waals surface area contributed by atoms with Crippen LogP contribution in [0.3, 0.4) is 0 Å². The van der Waals surface area contributed by atoms with Crippen molar-refractivity contribution in [1.29, 1.82) is 0 Å². The molecular weight excluding hydrogens is 319 g/mol. The van der Waals surface area contributed by atoms with Gasteiger partial charge in [-0.3, -0.25) is 4.90 Å². The smallest absolute Gasteiger partial charge is 0.127 e. The molecule has 0 amide bonds. The molecule has 0 spiro atoms. The quantitative estimate of drug-likeness (QED) is 0.902. The summed E-state index contributed by atoms with van der Waals surface area (Å²) in [5.41, 5.74) is 8.63. The van der Waals surface area contributed by atoms with Crippen LogP contribution in [0.15, 0.2) is 46.9 Å². The number of hydrogen-bond donors (Lipinski definition) is 1. The monoisotopic (exact) mass is 336 g/mol. The molecule has 0 saturated carbocycles. The number of benzene rings is 2. The van der Waals surface area contributed by atoms with Crippen molar-refractivity contribution in [3.63, 3.8) is 0 Å². The van der Waals surface area contributed by atoms with Crippen molar-refractivity contribution in [3.05, 3.63) is 69.4 Å². The highest BCUT2D eigenvalue weighted by Crippen LogP contribution is 2.18. The van der Waals surface area contributed by atoms with E-state index in [1.54, 1.807) is 6.07 Å². The highest BCUT2D eigenvalue weighted by atomic mass is 79.9. The molecule has 0 aliphatic carbocycles. The van der Waals surface area contributed by atoms with Crippen LogP contribution in [0, 0.1) is 5.82 Å². The standard InChI is InChI=1S/C16H18BrFN2/c1-20(10-13-4-2-3-12(7-13)9-19)11-14-8-15(17)5-6-16(14)18/h2-8H,9-11,19H2,1H3. The second kappa shape index (κ2) is 6.97. The maximum atomic E-state index is 13.7. The maximum absolute atomic E-state index is 13.7. The largest absolute Gasteiger partial charge is 0.326 e. The Balaban J connectivity index is 2.04. The van der Waals surface area contributed by atoms with Crippen molar-refractivity contribution in [2.75, 3.05) is 7.05 Å². The molecule has 0 heterocycles. The Morgan fingerprint density at radius 1 is 1.10 bits per heavy atom. The first-order valence-corrected chi connectivity index (χ1v) is 7.28. The molecule has 0 bridgehead atoms. The zero-order valence-corrected chi connectivity index (χ0v) is 13.0. The molecule has 2 N–H and O–H groups in total. The minimum absolute atomic E-state index is 0.171. The van der Waals surface area contributed by atoms with Gasteiger partial charge in [-0.1, -0.05) is 40.2 Å². The lowest BCUT2D eigenvalue weighted by atomic mass is 10.1. The lowest BCUT2D eigenvalue weighted by Gasteiger charge is -2.18. The summed E-state index contributed by atoms with van der Waals surface area (Å²) in [6.07, 6.45) is 0. The van der Waals surface area contributed by atoms with Gasteiger partial charge in [-0.25, -0.2) is 4.39 Å². The van der Waals surface area contributed by atoms with E-state index in [-0.39, 0.29) is 5.82 Å². The van der Waals surface area contributed by atoms with Crippen molar-refractivity contribution in [2.24, 2.45) is 5.73 Å². The summed E-state index contributed by atoms with van der Waals surface area (Å²) in [6, 6.07) is 13.2. The number of hydrogen-bond acceptors (Lipinski definition) is 2. The average molecular weight is 337 g/mol. The van der Waals surface area contributed by atoms with Crippen LogP contribution in [-0.2, 0) is 19.6 Å². The molecule has 2 nitrogen and oxygen atoms in total. The van der Waals surface area contributed by atoms with Crippen molar-refractivity contribution < 1.29 is 4.39 Å².